The van der Waals surface area contributed by atoms with Crippen molar-refractivity contribution >= 4 is 11.9 Å². The number of alkyl halides is 3. The molecule has 0 atom stereocenters. The number of aliphatic carboxylic acids is 1. The van der Waals surface area contributed by atoms with Crippen molar-refractivity contribution in [2.45, 2.75) is 12.6 Å². The summed E-state index contributed by atoms with van der Waals surface area (Å²) in [6, 6.07) is 4.76. The lowest BCUT2D eigenvalue weighted by molar-refractivity contribution is -0.138. The largest absolute Gasteiger partial charge is 0.481 e. The van der Waals surface area contributed by atoms with Gasteiger partial charge in [-0.25, -0.2) is 4.68 Å². The van der Waals surface area contributed by atoms with E-state index < -0.39 is 23.6 Å². The monoisotopic (exact) mass is 342 g/mol. The van der Waals surface area contributed by atoms with Crippen LogP contribution in [-0.4, -0.2) is 50.5 Å². The summed E-state index contributed by atoms with van der Waals surface area (Å²) in [5, 5.41) is 15.7. The molecule has 2 aromatic rings. The fraction of sp³-hybridized carbons (Fsp3) is 0.286. The summed E-state index contributed by atoms with van der Waals surface area (Å²) in [6.07, 6.45) is -3.76. The van der Waals surface area contributed by atoms with Crippen LogP contribution in [0, 0.1) is 0 Å². The predicted octanol–water partition coefficient (Wildman–Crippen LogP) is 1.83. The Balaban J connectivity index is 2.26. The van der Waals surface area contributed by atoms with Crippen LogP contribution in [0.4, 0.5) is 13.2 Å². The number of amides is 1. The van der Waals surface area contributed by atoms with Crippen LogP contribution in [0.5, 0.6) is 0 Å². The summed E-state index contributed by atoms with van der Waals surface area (Å²) in [4.78, 5) is 23.7. The summed E-state index contributed by atoms with van der Waals surface area (Å²) in [7, 11) is 1.37. The molecule has 0 aliphatic rings. The molecule has 0 saturated heterocycles. The van der Waals surface area contributed by atoms with Gasteiger partial charge in [0.05, 0.1) is 23.9 Å². The average molecular weight is 342 g/mol. The number of carboxylic acids is 1. The molecule has 0 fully saturated rings. The number of halogens is 3. The maximum absolute atomic E-state index is 13.0. The van der Waals surface area contributed by atoms with Crippen LogP contribution in [0.1, 0.15) is 22.5 Å². The molecule has 1 aromatic carbocycles. The van der Waals surface area contributed by atoms with Gasteiger partial charge in [-0.15, -0.1) is 5.10 Å². The number of carbonyl (C=O) groups excluding carboxylic acids is 1. The lowest BCUT2D eigenvalue weighted by atomic mass is 10.1. The van der Waals surface area contributed by atoms with Gasteiger partial charge in [0.15, 0.2) is 5.69 Å². The minimum absolute atomic E-state index is 0.0554. The molecule has 7 nitrogen and oxygen atoms in total. The Morgan fingerprint density at radius 1 is 1.29 bits per heavy atom. The van der Waals surface area contributed by atoms with E-state index in [1.54, 1.807) is 0 Å². The molecule has 0 aliphatic heterocycles. The number of hydrogen-bond acceptors (Lipinski definition) is 4. The molecular formula is C14H13F3N4O3. The average Bonchev–Trinajstić information content (AvgIpc) is 3.00. The van der Waals surface area contributed by atoms with Gasteiger partial charge in [-0.3, -0.25) is 9.59 Å². The van der Waals surface area contributed by atoms with Gasteiger partial charge in [-0.2, -0.15) is 13.2 Å². The highest BCUT2D eigenvalue weighted by Crippen LogP contribution is 2.33. The lowest BCUT2D eigenvalue weighted by Gasteiger charge is -2.14. The van der Waals surface area contributed by atoms with Crippen LogP contribution in [0.25, 0.3) is 5.69 Å². The second-order valence-corrected chi connectivity index (χ2v) is 4.93. The molecule has 0 bridgehead atoms. The van der Waals surface area contributed by atoms with Crippen molar-refractivity contribution in [1.29, 1.82) is 0 Å². The van der Waals surface area contributed by atoms with E-state index in [1.807, 2.05) is 0 Å². The highest BCUT2D eigenvalue weighted by atomic mass is 19.4. The molecule has 24 heavy (non-hydrogen) atoms. The van der Waals surface area contributed by atoms with E-state index in [-0.39, 0.29) is 24.3 Å². The summed E-state index contributed by atoms with van der Waals surface area (Å²) >= 11 is 0. The number of carboxylic acid groups (broad SMARTS) is 1. The van der Waals surface area contributed by atoms with Crippen LogP contribution in [-0.2, 0) is 11.0 Å². The van der Waals surface area contributed by atoms with E-state index in [9.17, 15) is 22.8 Å². The first-order valence-electron chi connectivity index (χ1n) is 6.76. The SMILES string of the molecule is CN(CCC(=O)O)C(=O)c1cn(-c2ccccc2C(F)(F)F)nn1. The highest BCUT2D eigenvalue weighted by molar-refractivity contribution is 5.92. The van der Waals surface area contributed by atoms with Gasteiger partial charge in [0, 0.05) is 13.6 Å². The van der Waals surface area contributed by atoms with E-state index in [0.717, 1.165) is 21.8 Å². The Labute approximate surface area is 134 Å². The molecule has 0 radical (unpaired) electrons. The van der Waals surface area contributed by atoms with E-state index in [2.05, 4.69) is 10.3 Å². The molecule has 1 amide bonds. The Hall–Kier alpha value is -2.91. The molecule has 0 unspecified atom stereocenters. The van der Waals surface area contributed by atoms with Gasteiger partial charge in [0.25, 0.3) is 5.91 Å². The summed E-state index contributed by atoms with van der Waals surface area (Å²) < 4.78 is 39.9. The first kappa shape index (κ1) is 17.4. The summed E-state index contributed by atoms with van der Waals surface area (Å²) in [5.74, 6) is -1.70. The number of benzene rings is 1. The molecule has 10 heteroatoms. The minimum atomic E-state index is -4.58. The maximum atomic E-state index is 13.0. The minimum Gasteiger partial charge on any atom is -0.481 e. The number of rotatable bonds is 5. The van der Waals surface area contributed by atoms with Crippen molar-refractivity contribution in [2.24, 2.45) is 0 Å². The van der Waals surface area contributed by atoms with Crippen molar-refractivity contribution in [3.05, 3.63) is 41.7 Å². The fourth-order valence-electron chi connectivity index (χ4n) is 1.95. The smallest absolute Gasteiger partial charge is 0.418 e. The van der Waals surface area contributed by atoms with Gasteiger partial charge in [0.1, 0.15) is 0 Å². The van der Waals surface area contributed by atoms with E-state index in [1.165, 1.54) is 25.2 Å². The van der Waals surface area contributed by atoms with E-state index in [0.29, 0.717) is 0 Å². The first-order chi connectivity index (χ1) is 11.2. The van der Waals surface area contributed by atoms with Gasteiger partial charge in [-0.1, -0.05) is 17.3 Å². The zero-order chi connectivity index (χ0) is 17.9. The quantitative estimate of drug-likeness (QED) is 0.896. The molecule has 1 N–H and O–H groups in total. The standard InChI is InChI=1S/C14H13F3N4O3/c1-20(7-6-12(22)23)13(24)10-8-21(19-18-10)11-5-3-2-4-9(11)14(15,16)17/h2-5,8H,6-7H2,1H3,(H,22,23). The molecule has 0 aliphatic carbocycles. The number of carbonyl (C=O) groups is 2. The predicted molar refractivity (Wildman–Crippen MR) is 75.6 cm³/mol. The third-order valence-corrected chi connectivity index (χ3v) is 3.18. The molecule has 1 heterocycles. The molecule has 2 rings (SSSR count). The van der Waals surface area contributed by atoms with Crippen molar-refractivity contribution in [1.82, 2.24) is 19.9 Å². The lowest BCUT2D eigenvalue weighted by Crippen LogP contribution is -2.29. The fourth-order valence-corrected chi connectivity index (χ4v) is 1.95. The van der Waals surface area contributed by atoms with Crippen LogP contribution in [0.2, 0.25) is 0 Å². The number of aromatic nitrogens is 3. The zero-order valence-corrected chi connectivity index (χ0v) is 12.5. The van der Waals surface area contributed by atoms with Crippen LogP contribution in [0.15, 0.2) is 30.5 Å². The summed E-state index contributed by atoms with van der Waals surface area (Å²) in [5.41, 5.74) is -1.35. The Kier molecular flexibility index (Phi) is 4.86. The Morgan fingerprint density at radius 3 is 2.58 bits per heavy atom. The third kappa shape index (κ3) is 3.89. The number of hydrogen-bond donors (Lipinski definition) is 1. The van der Waals surface area contributed by atoms with Crippen molar-refractivity contribution < 1.29 is 27.9 Å². The van der Waals surface area contributed by atoms with Gasteiger partial charge in [-0.05, 0) is 12.1 Å². The normalized spacial score (nSPS) is 11.3. The molecule has 1 aromatic heterocycles. The molecule has 0 spiro atoms. The second-order valence-electron chi connectivity index (χ2n) is 4.93. The summed E-state index contributed by atoms with van der Waals surface area (Å²) in [6.45, 7) is -0.0554. The molecule has 128 valence electrons. The van der Waals surface area contributed by atoms with Crippen molar-refractivity contribution in [2.75, 3.05) is 13.6 Å². The highest BCUT2D eigenvalue weighted by Gasteiger charge is 2.34. The maximum Gasteiger partial charge on any atom is 0.418 e. The Morgan fingerprint density at radius 2 is 1.96 bits per heavy atom. The molecular weight excluding hydrogens is 329 g/mol. The number of para-hydroxylation sites is 1. The van der Waals surface area contributed by atoms with Gasteiger partial charge < -0.3 is 10.0 Å². The van der Waals surface area contributed by atoms with Crippen LogP contribution < -0.4 is 0 Å². The van der Waals surface area contributed by atoms with E-state index >= 15 is 0 Å². The second kappa shape index (κ2) is 6.69. The molecule has 0 saturated carbocycles. The first-order valence-corrected chi connectivity index (χ1v) is 6.76. The van der Waals surface area contributed by atoms with Crippen LogP contribution >= 0.6 is 0 Å². The topological polar surface area (TPSA) is 88.3 Å². The number of nitrogens with zero attached hydrogens (tertiary/aromatic N) is 4. The van der Waals surface area contributed by atoms with E-state index in [4.69, 9.17) is 5.11 Å². The Bertz CT molecular complexity index is 758. The van der Waals surface area contributed by atoms with Crippen molar-refractivity contribution in [3.8, 4) is 5.69 Å². The third-order valence-electron chi connectivity index (χ3n) is 3.18. The van der Waals surface area contributed by atoms with Gasteiger partial charge in [0.2, 0.25) is 0 Å². The van der Waals surface area contributed by atoms with Crippen LogP contribution in [0.3, 0.4) is 0 Å². The van der Waals surface area contributed by atoms with Crippen molar-refractivity contribution in [3.63, 3.8) is 0 Å². The van der Waals surface area contributed by atoms with Gasteiger partial charge >= 0.3 is 12.1 Å². The zero-order valence-electron chi connectivity index (χ0n) is 12.5.